The number of nitrogens with zero attached hydrogens (tertiary/aromatic N) is 2. The third-order valence-corrected chi connectivity index (χ3v) is 4.18. The van der Waals surface area contributed by atoms with Gasteiger partial charge in [0, 0.05) is 18.8 Å². The molecule has 1 N–H and O–H groups in total. The van der Waals surface area contributed by atoms with E-state index in [9.17, 15) is 4.79 Å². The number of benzene rings is 1. The molecule has 0 saturated carbocycles. The molecule has 0 bridgehead atoms. The smallest absolute Gasteiger partial charge is 0.335 e. The molecule has 0 radical (unpaired) electrons. The molecule has 2 heterocycles. The second kappa shape index (κ2) is 4.59. The molecule has 1 fully saturated rings. The van der Waals surface area contributed by atoms with Crippen molar-refractivity contribution in [2.75, 3.05) is 13.2 Å². The Morgan fingerprint density at radius 2 is 2.10 bits per heavy atom. The summed E-state index contributed by atoms with van der Waals surface area (Å²) in [5, 5.41) is 9.07. The monoisotopic (exact) mass is 274 g/mol. The van der Waals surface area contributed by atoms with Crippen LogP contribution in [0.25, 0.3) is 11.0 Å². The van der Waals surface area contributed by atoms with Gasteiger partial charge in [-0.1, -0.05) is 0 Å². The number of rotatable bonds is 2. The largest absolute Gasteiger partial charge is 0.478 e. The number of aromatic nitrogens is 2. The van der Waals surface area contributed by atoms with Crippen LogP contribution in [0.3, 0.4) is 0 Å². The molecule has 5 nitrogen and oxygen atoms in total. The fourth-order valence-corrected chi connectivity index (χ4v) is 3.05. The van der Waals surface area contributed by atoms with E-state index in [0.29, 0.717) is 0 Å². The normalized spacial score (nSPS) is 18.3. The predicted molar refractivity (Wildman–Crippen MR) is 75.1 cm³/mol. The SMILES string of the molecule is Cc1nc2cc(C(=O)O)ccc2n1C1(C)CCOCC1. The molecule has 1 aliphatic rings. The van der Waals surface area contributed by atoms with Crippen LogP contribution in [0.4, 0.5) is 0 Å². The fourth-order valence-electron chi connectivity index (χ4n) is 3.05. The van der Waals surface area contributed by atoms with Crippen LogP contribution in [-0.4, -0.2) is 33.8 Å². The van der Waals surface area contributed by atoms with Gasteiger partial charge in [0.2, 0.25) is 0 Å². The Kier molecular flexibility index (Phi) is 3.01. The molecular formula is C15H18N2O3. The number of ether oxygens (including phenoxy) is 1. The standard InChI is InChI=1S/C15H18N2O3/c1-10-16-12-9-11(14(18)19)3-4-13(12)17(10)15(2)5-7-20-8-6-15/h3-4,9H,5-8H2,1-2H3,(H,18,19). The number of hydrogen-bond donors (Lipinski definition) is 1. The molecule has 0 atom stereocenters. The lowest BCUT2D eigenvalue weighted by Gasteiger charge is -2.36. The number of aryl methyl sites for hydroxylation is 1. The van der Waals surface area contributed by atoms with Crippen LogP contribution in [0.5, 0.6) is 0 Å². The Balaban J connectivity index is 2.16. The third kappa shape index (κ3) is 1.98. The number of imidazole rings is 1. The molecule has 5 heteroatoms. The second-order valence-corrected chi connectivity index (χ2v) is 5.61. The van der Waals surface area contributed by atoms with Crippen molar-refractivity contribution in [1.29, 1.82) is 0 Å². The van der Waals surface area contributed by atoms with Gasteiger partial charge in [-0.25, -0.2) is 9.78 Å². The zero-order chi connectivity index (χ0) is 14.3. The maximum Gasteiger partial charge on any atom is 0.335 e. The predicted octanol–water partition coefficient (Wildman–Crippen LogP) is 2.57. The molecule has 3 rings (SSSR count). The quantitative estimate of drug-likeness (QED) is 0.914. The summed E-state index contributed by atoms with van der Waals surface area (Å²) in [7, 11) is 0. The van der Waals surface area contributed by atoms with E-state index in [1.54, 1.807) is 12.1 Å². The van der Waals surface area contributed by atoms with E-state index in [1.807, 2.05) is 13.0 Å². The Morgan fingerprint density at radius 1 is 1.40 bits per heavy atom. The van der Waals surface area contributed by atoms with Crippen molar-refractivity contribution in [3.63, 3.8) is 0 Å². The van der Waals surface area contributed by atoms with E-state index in [4.69, 9.17) is 9.84 Å². The average molecular weight is 274 g/mol. The summed E-state index contributed by atoms with van der Waals surface area (Å²) in [5.41, 5.74) is 2.01. The van der Waals surface area contributed by atoms with Gasteiger partial charge in [0.25, 0.3) is 0 Å². The third-order valence-electron chi connectivity index (χ3n) is 4.18. The van der Waals surface area contributed by atoms with Gasteiger partial charge < -0.3 is 14.4 Å². The Morgan fingerprint density at radius 3 is 2.75 bits per heavy atom. The van der Waals surface area contributed by atoms with Gasteiger partial charge in [-0.3, -0.25) is 0 Å². The summed E-state index contributed by atoms with van der Waals surface area (Å²) in [6, 6.07) is 5.15. The van der Waals surface area contributed by atoms with Crippen LogP contribution < -0.4 is 0 Å². The summed E-state index contributed by atoms with van der Waals surface area (Å²) in [4.78, 5) is 15.6. The van der Waals surface area contributed by atoms with Crippen LogP contribution in [0, 0.1) is 6.92 Å². The summed E-state index contributed by atoms with van der Waals surface area (Å²) in [6.07, 6.45) is 1.89. The molecule has 2 aromatic rings. The van der Waals surface area contributed by atoms with Gasteiger partial charge in [0.1, 0.15) is 5.82 Å². The topological polar surface area (TPSA) is 64.3 Å². The van der Waals surface area contributed by atoms with Crippen LogP contribution in [0.1, 0.15) is 35.9 Å². The van der Waals surface area contributed by atoms with Crippen LogP contribution in [0.15, 0.2) is 18.2 Å². The molecule has 1 aromatic carbocycles. The van der Waals surface area contributed by atoms with Gasteiger partial charge in [-0.15, -0.1) is 0 Å². The highest BCUT2D eigenvalue weighted by molar-refractivity contribution is 5.92. The molecule has 20 heavy (non-hydrogen) atoms. The first-order valence-electron chi connectivity index (χ1n) is 6.82. The van der Waals surface area contributed by atoms with E-state index in [-0.39, 0.29) is 11.1 Å². The molecule has 0 amide bonds. The molecular weight excluding hydrogens is 256 g/mol. The van der Waals surface area contributed by atoms with Crippen molar-refractivity contribution < 1.29 is 14.6 Å². The first-order valence-corrected chi connectivity index (χ1v) is 6.82. The summed E-state index contributed by atoms with van der Waals surface area (Å²) < 4.78 is 7.69. The Hall–Kier alpha value is -1.88. The maximum absolute atomic E-state index is 11.0. The lowest BCUT2D eigenvalue weighted by Crippen LogP contribution is -2.37. The molecule has 1 saturated heterocycles. The van der Waals surface area contributed by atoms with Gasteiger partial charge in [-0.2, -0.15) is 0 Å². The zero-order valence-electron chi connectivity index (χ0n) is 11.7. The van der Waals surface area contributed by atoms with Crippen molar-refractivity contribution in [2.24, 2.45) is 0 Å². The molecule has 106 valence electrons. The van der Waals surface area contributed by atoms with Gasteiger partial charge in [-0.05, 0) is 44.9 Å². The summed E-state index contributed by atoms with van der Waals surface area (Å²) in [6.45, 7) is 5.70. The minimum atomic E-state index is -0.920. The zero-order valence-corrected chi connectivity index (χ0v) is 11.7. The lowest BCUT2D eigenvalue weighted by molar-refractivity contribution is 0.0304. The summed E-state index contributed by atoms with van der Waals surface area (Å²) >= 11 is 0. The Bertz CT molecular complexity index is 669. The van der Waals surface area contributed by atoms with E-state index in [2.05, 4.69) is 16.5 Å². The number of hydrogen-bond acceptors (Lipinski definition) is 3. The van der Waals surface area contributed by atoms with E-state index in [0.717, 1.165) is 42.9 Å². The van der Waals surface area contributed by atoms with E-state index >= 15 is 0 Å². The van der Waals surface area contributed by atoms with Gasteiger partial charge in [0.15, 0.2) is 0 Å². The molecule has 0 spiro atoms. The highest BCUT2D eigenvalue weighted by Gasteiger charge is 2.32. The highest BCUT2D eigenvalue weighted by Crippen LogP contribution is 2.33. The number of carbonyl (C=O) groups is 1. The number of carboxylic acid groups (broad SMARTS) is 1. The van der Waals surface area contributed by atoms with E-state index < -0.39 is 5.97 Å². The van der Waals surface area contributed by atoms with Crippen molar-refractivity contribution in [1.82, 2.24) is 9.55 Å². The first-order chi connectivity index (χ1) is 9.51. The van der Waals surface area contributed by atoms with Crippen LogP contribution in [-0.2, 0) is 10.3 Å². The van der Waals surface area contributed by atoms with Crippen molar-refractivity contribution in [2.45, 2.75) is 32.2 Å². The molecule has 0 unspecified atom stereocenters. The number of carboxylic acids is 1. The minimum absolute atomic E-state index is 0.0121. The van der Waals surface area contributed by atoms with E-state index in [1.165, 1.54) is 0 Å². The molecule has 1 aliphatic heterocycles. The summed E-state index contributed by atoms with van der Waals surface area (Å²) in [5.74, 6) is 0.00307. The van der Waals surface area contributed by atoms with Crippen molar-refractivity contribution >= 4 is 17.0 Å². The van der Waals surface area contributed by atoms with Crippen LogP contribution >= 0.6 is 0 Å². The second-order valence-electron chi connectivity index (χ2n) is 5.61. The van der Waals surface area contributed by atoms with Gasteiger partial charge in [0.05, 0.1) is 16.6 Å². The first kappa shape index (κ1) is 13.1. The molecule has 1 aromatic heterocycles. The van der Waals surface area contributed by atoms with Crippen molar-refractivity contribution in [3.05, 3.63) is 29.6 Å². The molecule has 0 aliphatic carbocycles. The maximum atomic E-state index is 11.0. The number of fused-ring (bicyclic) bond motifs is 1. The lowest BCUT2D eigenvalue weighted by atomic mass is 9.91. The minimum Gasteiger partial charge on any atom is -0.478 e. The highest BCUT2D eigenvalue weighted by atomic mass is 16.5. The Labute approximate surface area is 117 Å². The van der Waals surface area contributed by atoms with Crippen LogP contribution in [0.2, 0.25) is 0 Å². The average Bonchev–Trinajstić information content (AvgIpc) is 2.74. The fraction of sp³-hybridized carbons (Fsp3) is 0.467. The van der Waals surface area contributed by atoms with Gasteiger partial charge >= 0.3 is 5.97 Å². The number of aromatic carboxylic acids is 1. The van der Waals surface area contributed by atoms with Crippen molar-refractivity contribution in [3.8, 4) is 0 Å².